The second-order valence-electron chi connectivity index (χ2n) is 5.04. The van der Waals surface area contributed by atoms with Gasteiger partial charge in [0.25, 0.3) is 0 Å². The van der Waals surface area contributed by atoms with Gasteiger partial charge in [-0.25, -0.2) is 0 Å². The van der Waals surface area contributed by atoms with Gasteiger partial charge >= 0.3 is 0 Å². The molecule has 3 heteroatoms. The lowest BCUT2D eigenvalue weighted by Gasteiger charge is -2.06. The maximum atomic E-state index is 6.10. The summed E-state index contributed by atoms with van der Waals surface area (Å²) in [5.74, 6) is 0. The molecule has 2 rings (SSSR count). The van der Waals surface area contributed by atoms with Crippen molar-refractivity contribution in [2.24, 2.45) is 0 Å². The van der Waals surface area contributed by atoms with E-state index in [4.69, 9.17) is 11.6 Å². The summed E-state index contributed by atoms with van der Waals surface area (Å²) in [6.07, 6.45) is 3.38. The Bertz CT molecular complexity index is 529. The molecule has 2 nitrogen and oxygen atoms in total. The van der Waals surface area contributed by atoms with Gasteiger partial charge in [0, 0.05) is 41.3 Å². The van der Waals surface area contributed by atoms with E-state index in [0.717, 1.165) is 24.5 Å². The number of nitrogens with one attached hydrogen (secondary N) is 1. The molecule has 0 aliphatic heterocycles. The Balaban J connectivity index is 2.40. The Labute approximate surface area is 114 Å². The topological polar surface area (TPSA) is 17.0 Å². The molecule has 1 aromatic heterocycles. The summed E-state index contributed by atoms with van der Waals surface area (Å²) in [7, 11) is 0. The Morgan fingerprint density at radius 1 is 1.33 bits per heavy atom. The Kier molecular flexibility index (Phi) is 4.31. The highest BCUT2D eigenvalue weighted by Gasteiger charge is 2.08. The molecule has 0 spiro atoms. The smallest absolute Gasteiger partial charge is 0.0498 e. The van der Waals surface area contributed by atoms with Crippen LogP contribution < -0.4 is 5.32 Å². The second kappa shape index (κ2) is 5.77. The maximum absolute atomic E-state index is 6.10. The Hall–Kier alpha value is -0.990. The number of aromatic nitrogens is 1. The van der Waals surface area contributed by atoms with Crippen molar-refractivity contribution in [1.82, 2.24) is 9.88 Å². The molecular formula is C15H21ClN2. The molecule has 0 radical (unpaired) electrons. The molecular weight excluding hydrogens is 244 g/mol. The molecule has 98 valence electrons. The number of fused-ring (bicyclic) bond motifs is 1. The summed E-state index contributed by atoms with van der Waals surface area (Å²) in [6.45, 7) is 8.48. The molecule has 0 bridgehead atoms. The molecule has 0 saturated carbocycles. The van der Waals surface area contributed by atoms with Crippen molar-refractivity contribution >= 4 is 22.5 Å². The Morgan fingerprint density at radius 3 is 2.78 bits per heavy atom. The molecule has 0 aliphatic carbocycles. The minimum absolute atomic E-state index is 0.502. The quantitative estimate of drug-likeness (QED) is 0.856. The van der Waals surface area contributed by atoms with Crippen LogP contribution in [0.15, 0.2) is 24.4 Å². The molecule has 0 unspecified atom stereocenters. The van der Waals surface area contributed by atoms with E-state index in [9.17, 15) is 0 Å². The van der Waals surface area contributed by atoms with Crippen LogP contribution in [0.25, 0.3) is 10.9 Å². The first-order chi connectivity index (χ1) is 8.61. The van der Waals surface area contributed by atoms with Crippen LogP contribution in [0.3, 0.4) is 0 Å². The fourth-order valence-electron chi connectivity index (χ4n) is 2.22. The molecule has 0 atom stereocenters. The van der Waals surface area contributed by atoms with Crippen molar-refractivity contribution in [3.8, 4) is 0 Å². The number of aryl methyl sites for hydroxylation is 1. The highest BCUT2D eigenvalue weighted by Crippen LogP contribution is 2.25. The van der Waals surface area contributed by atoms with Crippen LogP contribution in [0.5, 0.6) is 0 Å². The predicted octanol–water partition coefficient (Wildman–Crippen LogP) is 4.20. The van der Waals surface area contributed by atoms with E-state index in [1.165, 1.54) is 16.5 Å². The summed E-state index contributed by atoms with van der Waals surface area (Å²) in [4.78, 5) is 0. The molecule has 0 aliphatic rings. The van der Waals surface area contributed by atoms with E-state index in [1.54, 1.807) is 0 Å². The van der Waals surface area contributed by atoms with E-state index in [0.29, 0.717) is 6.04 Å². The molecule has 2 aromatic rings. The van der Waals surface area contributed by atoms with Gasteiger partial charge in [-0.1, -0.05) is 38.4 Å². The number of benzene rings is 1. The monoisotopic (exact) mass is 264 g/mol. The van der Waals surface area contributed by atoms with Crippen LogP contribution in [0.2, 0.25) is 5.02 Å². The summed E-state index contributed by atoms with van der Waals surface area (Å²) < 4.78 is 2.30. The average molecular weight is 265 g/mol. The number of nitrogens with zero attached hydrogens (tertiary/aromatic N) is 1. The third-order valence-electron chi connectivity index (χ3n) is 3.09. The number of hydrogen-bond donors (Lipinski definition) is 1. The van der Waals surface area contributed by atoms with Gasteiger partial charge in [-0.2, -0.15) is 0 Å². The summed E-state index contributed by atoms with van der Waals surface area (Å²) in [6, 6.07) is 6.66. The Morgan fingerprint density at radius 2 is 2.11 bits per heavy atom. The summed E-state index contributed by atoms with van der Waals surface area (Å²) in [5, 5.41) is 5.59. The second-order valence-corrected chi connectivity index (χ2v) is 5.48. The zero-order valence-electron chi connectivity index (χ0n) is 11.3. The van der Waals surface area contributed by atoms with Crippen LogP contribution in [0, 0.1) is 0 Å². The highest BCUT2D eigenvalue weighted by molar-refractivity contribution is 6.31. The van der Waals surface area contributed by atoms with E-state index >= 15 is 0 Å². The van der Waals surface area contributed by atoms with Crippen molar-refractivity contribution in [2.75, 3.05) is 0 Å². The zero-order chi connectivity index (χ0) is 13.1. The summed E-state index contributed by atoms with van der Waals surface area (Å²) in [5.41, 5.74) is 2.59. The van der Waals surface area contributed by atoms with E-state index in [2.05, 4.69) is 49.0 Å². The summed E-state index contributed by atoms with van der Waals surface area (Å²) >= 11 is 6.10. The molecule has 1 aromatic carbocycles. The van der Waals surface area contributed by atoms with Gasteiger partial charge < -0.3 is 9.88 Å². The van der Waals surface area contributed by atoms with Gasteiger partial charge in [0.15, 0.2) is 0 Å². The van der Waals surface area contributed by atoms with Crippen molar-refractivity contribution < 1.29 is 0 Å². The van der Waals surface area contributed by atoms with Gasteiger partial charge in [-0.3, -0.25) is 0 Å². The van der Waals surface area contributed by atoms with E-state index in [1.807, 2.05) is 6.07 Å². The van der Waals surface area contributed by atoms with Crippen LogP contribution >= 0.6 is 11.6 Å². The first-order valence-corrected chi connectivity index (χ1v) is 7.00. The molecule has 1 heterocycles. The lowest BCUT2D eigenvalue weighted by Crippen LogP contribution is -2.21. The number of hydrogen-bond acceptors (Lipinski definition) is 1. The number of halogens is 1. The first kappa shape index (κ1) is 13.4. The largest absolute Gasteiger partial charge is 0.347 e. The van der Waals surface area contributed by atoms with Crippen LogP contribution in [0.1, 0.15) is 32.8 Å². The molecule has 1 N–H and O–H groups in total. The fraction of sp³-hybridized carbons (Fsp3) is 0.467. The molecule has 0 fully saturated rings. The van der Waals surface area contributed by atoms with Gasteiger partial charge in [0.05, 0.1) is 0 Å². The molecule has 0 saturated heterocycles. The SMILES string of the molecule is CCCn1cc(CNC(C)C)c2ccc(Cl)cc21. The van der Waals surface area contributed by atoms with E-state index in [-0.39, 0.29) is 0 Å². The standard InChI is InChI=1S/C15H21ClN2/c1-4-7-18-10-12(9-17-11(2)3)14-6-5-13(16)8-15(14)18/h5-6,8,10-11,17H,4,7,9H2,1-3H3. The van der Waals surface area contributed by atoms with Crippen LogP contribution in [-0.4, -0.2) is 10.6 Å². The highest BCUT2D eigenvalue weighted by atomic mass is 35.5. The van der Waals surface area contributed by atoms with Gasteiger partial charge in [-0.05, 0) is 24.1 Å². The fourth-order valence-corrected chi connectivity index (χ4v) is 2.39. The third kappa shape index (κ3) is 2.88. The minimum atomic E-state index is 0.502. The normalized spacial score (nSPS) is 11.6. The molecule has 18 heavy (non-hydrogen) atoms. The maximum Gasteiger partial charge on any atom is 0.0498 e. The zero-order valence-corrected chi connectivity index (χ0v) is 12.1. The predicted molar refractivity (Wildman–Crippen MR) is 79.2 cm³/mol. The average Bonchev–Trinajstić information content (AvgIpc) is 2.65. The van der Waals surface area contributed by atoms with Crippen molar-refractivity contribution in [3.63, 3.8) is 0 Å². The van der Waals surface area contributed by atoms with Crippen LogP contribution in [0.4, 0.5) is 0 Å². The minimum Gasteiger partial charge on any atom is -0.347 e. The van der Waals surface area contributed by atoms with Gasteiger partial charge in [0.2, 0.25) is 0 Å². The third-order valence-corrected chi connectivity index (χ3v) is 3.33. The van der Waals surface area contributed by atoms with E-state index < -0.39 is 0 Å². The van der Waals surface area contributed by atoms with Gasteiger partial charge in [0.1, 0.15) is 0 Å². The lowest BCUT2D eigenvalue weighted by molar-refractivity contribution is 0.588. The van der Waals surface area contributed by atoms with Crippen molar-refractivity contribution in [1.29, 1.82) is 0 Å². The van der Waals surface area contributed by atoms with Crippen LogP contribution in [-0.2, 0) is 13.1 Å². The van der Waals surface area contributed by atoms with Crippen molar-refractivity contribution in [3.05, 3.63) is 35.0 Å². The lowest BCUT2D eigenvalue weighted by atomic mass is 10.1. The number of rotatable bonds is 5. The van der Waals surface area contributed by atoms with Gasteiger partial charge in [-0.15, -0.1) is 0 Å². The van der Waals surface area contributed by atoms with Crippen molar-refractivity contribution in [2.45, 2.75) is 46.3 Å². The first-order valence-electron chi connectivity index (χ1n) is 6.62. The molecule has 0 amide bonds.